The Morgan fingerprint density at radius 3 is 2.57 bits per heavy atom. The highest BCUT2D eigenvalue weighted by molar-refractivity contribution is 7.98. The average Bonchev–Trinajstić information content (AvgIpc) is 3.09. The summed E-state index contributed by atoms with van der Waals surface area (Å²) >= 11 is 1.47. The van der Waals surface area contributed by atoms with E-state index in [1.54, 1.807) is 12.1 Å². The molecule has 1 aromatic heterocycles. The maximum Gasteiger partial charge on any atom is 0.408 e. The SMILES string of the molecule is Cc1cn2c(c(O)c1=O)CC(=O)N([C@H](C)C(F)(F)F)CN2[C@H]1c2ccc(F)cc2CSc2ccccc21. The van der Waals surface area contributed by atoms with E-state index in [1.807, 2.05) is 18.2 Å². The Balaban J connectivity index is 1.80. The molecule has 0 saturated heterocycles. The van der Waals surface area contributed by atoms with Crippen LogP contribution in [0.4, 0.5) is 17.6 Å². The van der Waals surface area contributed by atoms with Crippen LogP contribution in [0.5, 0.6) is 5.75 Å². The van der Waals surface area contributed by atoms with Gasteiger partial charge in [0, 0.05) is 22.4 Å². The number of halogens is 4. The molecule has 0 bridgehead atoms. The summed E-state index contributed by atoms with van der Waals surface area (Å²) in [5, 5.41) is 12.3. The fraction of sp³-hybridized carbons (Fsp3) is 0.308. The number of aryl methyl sites for hydroxylation is 1. The van der Waals surface area contributed by atoms with Gasteiger partial charge in [-0.25, -0.2) is 4.39 Å². The number of amides is 1. The minimum Gasteiger partial charge on any atom is -0.503 e. The Kier molecular flexibility index (Phi) is 6.21. The Bertz CT molecular complexity index is 1460. The smallest absolute Gasteiger partial charge is 0.408 e. The molecule has 0 saturated carbocycles. The van der Waals surface area contributed by atoms with Crippen LogP contribution in [0, 0.1) is 12.7 Å². The van der Waals surface area contributed by atoms with E-state index in [2.05, 4.69) is 0 Å². The largest absolute Gasteiger partial charge is 0.503 e. The molecule has 1 amide bonds. The highest BCUT2D eigenvalue weighted by Crippen LogP contribution is 2.43. The molecular weight excluding hydrogens is 510 g/mol. The number of carbonyl (C=O) groups is 1. The van der Waals surface area contributed by atoms with Crippen LogP contribution in [-0.4, -0.2) is 39.5 Å². The Labute approximate surface area is 214 Å². The number of alkyl halides is 3. The molecule has 3 heterocycles. The van der Waals surface area contributed by atoms with Gasteiger partial charge in [-0.1, -0.05) is 24.3 Å². The predicted octanol–water partition coefficient (Wildman–Crippen LogP) is 4.63. The van der Waals surface area contributed by atoms with Crippen molar-refractivity contribution in [2.75, 3.05) is 11.7 Å². The summed E-state index contributed by atoms with van der Waals surface area (Å²) in [6, 6.07) is 8.75. The number of carbonyl (C=O) groups excluding carboxylic acids is 1. The topological polar surface area (TPSA) is 65.8 Å². The molecule has 2 aromatic carbocycles. The number of benzene rings is 2. The third kappa shape index (κ3) is 4.35. The molecule has 0 radical (unpaired) electrons. The van der Waals surface area contributed by atoms with Crippen molar-refractivity contribution in [2.45, 2.75) is 49.2 Å². The van der Waals surface area contributed by atoms with Crippen LogP contribution in [0.15, 0.2) is 58.4 Å². The quantitative estimate of drug-likeness (QED) is 0.487. The molecule has 3 aromatic rings. The van der Waals surface area contributed by atoms with Crippen molar-refractivity contribution in [2.24, 2.45) is 0 Å². The van der Waals surface area contributed by atoms with Gasteiger partial charge in [-0.05, 0) is 48.7 Å². The minimum absolute atomic E-state index is 0.101. The molecule has 11 heteroatoms. The first kappa shape index (κ1) is 25.2. The lowest BCUT2D eigenvalue weighted by Gasteiger charge is -2.40. The molecule has 1 N–H and O–H groups in total. The maximum absolute atomic E-state index is 14.3. The average molecular weight is 534 g/mol. The molecule has 0 unspecified atom stereocenters. The fourth-order valence-electron chi connectivity index (χ4n) is 4.86. The first-order valence-electron chi connectivity index (χ1n) is 11.5. The van der Waals surface area contributed by atoms with Gasteiger partial charge in [0.15, 0.2) is 5.75 Å². The second-order valence-electron chi connectivity index (χ2n) is 9.19. The summed E-state index contributed by atoms with van der Waals surface area (Å²) in [4.78, 5) is 27.3. The van der Waals surface area contributed by atoms with Gasteiger partial charge in [-0.3, -0.25) is 19.3 Å². The van der Waals surface area contributed by atoms with Crippen LogP contribution < -0.4 is 10.4 Å². The molecule has 0 aliphatic carbocycles. The van der Waals surface area contributed by atoms with Gasteiger partial charge in [0.2, 0.25) is 11.3 Å². The monoisotopic (exact) mass is 533 g/mol. The zero-order valence-electron chi connectivity index (χ0n) is 19.9. The molecule has 6 nitrogen and oxygen atoms in total. The van der Waals surface area contributed by atoms with Crippen molar-refractivity contribution < 1.29 is 27.5 Å². The number of hydrogen-bond donors (Lipinski definition) is 1. The molecule has 2 aliphatic rings. The number of fused-ring (bicyclic) bond motifs is 3. The molecule has 0 spiro atoms. The van der Waals surface area contributed by atoms with E-state index in [0.29, 0.717) is 21.8 Å². The Hall–Kier alpha value is -3.47. The van der Waals surface area contributed by atoms with Gasteiger partial charge in [0.05, 0.1) is 18.2 Å². The van der Waals surface area contributed by atoms with Crippen molar-refractivity contribution in [3.05, 3.63) is 92.6 Å². The number of hydrogen-bond acceptors (Lipinski definition) is 5. The van der Waals surface area contributed by atoms with Crippen LogP contribution in [-0.2, 0) is 17.0 Å². The van der Waals surface area contributed by atoms with Crippen molar-refractivity contribution >= 4 is 17.7 Å². The molecular formula is C26H23F4N3O3S. The molecule has 0 fully saturated rings. The van der Waals surface area contributed by atoms with Crippen LogP contribution in [0.1, 0.15) is 40.9 Å². The number of thioether (sulfide) groups is 1. The van der Waals surface area contributed by atoms with Crippen molar-refractivity contribution in [1.82, 2.24) is 9.58 Å². The number of nitrogens with zero attached hydrogens (tertiary/aromatic N) is 3. The number of aromatic hydroxyl groups is 1. The van der Waals surface area contributed by atoms with Crippen LogP contribution in [0.25, 0.3) is 0 Å². The second kappa shape index (κ2) is 9.13. The van der Waals surface area contributed by atoms with Gasteiger partial charge in [-0.15, -0.1) is 11.8 Å². The fourth-order valence-corrected chi connectivity index (χ4v) is 5.94. The van der Waals surface area contributed by atoms with E-state index in [1.165, 1.54) is 46.7 Å². The summed E-state index contributed by atoms with van der Waals surface area (Å²) in [7, 11) is 0. The van der Waals surface area contributed by atoms with Crippen molar-refractivity contribution in [3.63, 3.8) is 0 Å². The van der Waals surface area contributed by atoms with E-state index in [9.17, 15) is 32.3 Å². The van der Waals surface area contributed by atoms with Gasteiger partial charge in [0.1, 0.15) is 18.5 Å². The zero-order chi connectivity index (χ0) is 26.6. The third-order valence-electron chi connectivity index (χ3n) is 6.89. The zero-order valence-corrected chi connectivity index (χ0v) is 20.7. The van der Waals surface area contributed by atoms with Gasteiger partial charge >= 0.3 is 6.18 Å². The van der Waals surface area contributed by atoms with E-state index in [-0.39, 0.29) is 11.3 Å². The summed E-state index contributed by atoms with van der Waals surface area (Å²) in [6.07, 6.45) is -3.88. The van der Waals surface area contributed by atoms with Crippen molar-refractivity contribution in [3.8, 4) is 5.75 Å². The van der Waals surface area contributed by atoms with E-state index in [0.717, 1.165) is 17.4 Å². The highest BCUT2D eigenvalue weighted by atomic mass is 32.2. The Morgan fingerprint density at radius 1 is 1.11 bits per heavy atom. The van der Waals surface area contributed by atoms with Crippen LogP contribution in [0.2, 0.25) is 0 Å². The highest BCUT2D eigenvalue weighted by Gasteiger charge is 2.45. The molecule has 37 heavy (non-hydrogen) atoms. The van der Waals surface area contributed by atoms with Gasteiger partial charge in [-0.2, -0.15) is 13.2 Å². The van der Waals surface area contributed by atoms with Gasteiger partial charge in [0.25, 0.3) is 0 Å². The molecule has 2 aliphatic heterocycles. The summed E-state index contributed by atoms with van der Waals surface area (Å²) in [5.41, 5.74) is 1.40. The van der Waals surface area contributed by atoms with Crippen LogP contribution >= 0.6 is 11.8 Å². The molecule has 194 valence electrons. The second-order valence-corrected chi connectivity index (χ2v) is 10.2. The van der Waals surface area contributed by atoms with E-state index >= 15 is 0 Å². The maximum atomic E-state index is 14.3. The predicted molar refractivity (Wildman–Crippen MR) is 131 cm³/mol. The lowest BCUT2D eigenvalue weighted by atomic mass is 9.94. The first-order valence-corrected chi connectivity index (χ1v) is 12.5. The normalized spacial score (nSPS) is 18.4. The number of aromatic nitrogens is 1. The minimum atomic E-state index is -4.71. The summed E-state index contributed by atoms with van der Waals surface area (Å²) < 4.78 is 57.3. The third-order valence-corrected chi connectivity index (χ3v) is 8.03. The van der Waals surface area contributed by atoms with Crippen molar-refractivity contribution in [1.29, 1.82) is 0 Å². The summed E-state index contributed by atoms with van der Waals surface area (Å²) in [5.74, 6) is -1.58. The standard InChI is InChI=1S/C26H23F4N3O3S/c1-14-11-32-20(25(36)24(14)35)10-22(34)31(15(2)26(28,29)30)13-33(32)23-18-8-7-17(27)9-16(18)12-37-21-6-4-3-5-19(21)23/h3-9,11,15,23,36H,10,12-13H2,1-2H3/t15-,23+/m1/s1. The Morgan fingerprint density at radius 2 is 1.84 bits per heavy atom. The van der Waals surface area contributed by atoms with Crippen LogP contribution in [0.3, 0.4) is 0 Å². The lowest BCUT2D eigenvalue weighted by molar-refractivity contribution is -0.185. The molecule has 5 rings (SSSR count). The number of rotatable bonds is 2. The van der Waals surface area contributed by atoms with E-state index in [4.69, 9.17) is 0 Å². The number of pyridine rings is 1. The lowest BCUT2D eigenvalue weighted by Crippen LogP contribution is -2.53. The molecule has 2 atom stereocenters. The van der Waals surface area contributed by atoms with E-state index < -0.39 is 54.3 Å². The first-order chi connectivity index (χ1) is 17.5. The van der Waals surface area contributed by atoms with Gasteiger partial charge < -0.3 is 10.0 Å². The summed E-state index contributed by atoms with van der Waals surface area (Å²) in [6.45, 7) is 1.90.